The summed E-state index contributed by atoms with van der Waals surface area (Å²) in [6.07, 6.45) is 4.40. The molecule has 0 aliphatic rings. The molecule has 0 spiro atoms. The second kappa shape index (κ2) is 9.62. The normalized spacial score (nSPS) is 14.2. The van der Waals surface area contributed by atoms with E-state index >= 15 is 0 Å². The molecule has 1 rings (SSSR count). The maximum absolute atomic E-state index is 6.09. The fourth-order valence-corrected chi connectivity index (χ4v) is 2.67. The monoisotopic (exact) mass is 317 g/mol. The van der Waals surface area contributed by atoms with E-state index < -0.39 is 0 Å². The molecule has 0 saturated carbocycles. The quantitative estimate of drug-likeness (QED) is 0.711. The Balaban J connectivity index is 2.78. The van der Waals surface area contributed by atoms with Crippen molar-refractivity contribution in [1.29, 1.82) is 0 Å². The Morgan fingerprint density at radius 1 is 1.15 bits per heavy atom. The minimum Gasteiger partial charge on any atom is -0.380 e. The van der Waals surface area contributed by atoms with Gasteiger partial charge in [-0.2, -0.15) is 0 Å². The van der Waals surface area contributed by atoms with Gasteiger partial charge in [-0.25, -0.2) is 0 Å². The van der Waals surface area contributed by atoms with Crippen molar-refractivity contribution in [3.05, 3.63) is 33.8 Å². The minimum atomic E-state index is 0.223. The van der Waals surface area contributed by atoms with Crippen LogP contribution in [0.15, 0.2) is 18.2 Å². The van der Waals surface area contributed by atoms with E-state index in [9.17, 15) is 0 Å². The van der Waals surface area contributed by atoms with E-state index in [4.69, 9.17) is 27.9 Å². The van der Waals surface area contributed by atoms with Crippen molar-refractivity contribution in [2.24, 2.45) is 0 Å². The van der Waals surface area contributed by atoms with Crippen molar-refractivity contribution in [3.63, 3.8) is 0 Å². The zero-order chi connectivity index (χ0) is 15.0. The topological polar surface area (TPSA) is 21.3 Å². The summed E-state index contributed by atoms with van der Waals surface area (Å²) in [4.78, 5) is 0. The number of ether oxygens (including phenoxy) is 1. The van der Waals surface area contributed by atoms with Crippen LogP contribution in [0.5, 0.6) is 0 Å². The molecule has 0 saturated heterocycles. The fraction of sp³-hybridized carbons (Fsp3) is 0.625. The van der Waals surface area contributed by atoms with E-state index in [2.05, 4.69) is 19.2 Å². The third kappa shape index (κ3) is 5.61. The molecule has 1 aromatic carbocycles. The van der Waals surface area contributed by atoms with Gasteiger partial charge in [0.15, 0.2) is 0 Å². The molecule has 0 radical (unpaired) electrons. The van der Waals surface area contributed by atoms with Crippen LogP contribution in [0.1, 0.15) is 38.7 Å². The fourth-order valence-electron chi connectivity index (χ4n) is 2.35. The average Bonchev–Trinajstić information content (AvgIpc) is 2.45. The van der Waals surface area contributed by atoms with Gasteiger partial charge in [0.1, 0.15) is 0 Å². The minimum absolute atomic E-state index is 0.223. The summed E-state index contributed by atoms with van der Waals surface area (Å²) in [7, 11) is 1.79. The Hall–Kier alpha value is -0.280. The summed E-state index contributed by atoms with van der Waals surface area (Å²) in [5.41, 5.74) is 1.19. The molecule has 2 atom stereocenters. The third-order valence-electron chi connectivity index (χ3n) is 3.42. The molecule has 2 unspecified atom stereocenters. The van der Waals surface area contributed by atoms with Crippen molar-refractivity contribution >= 4 is 23.2 Å². The van der Waals surface area contributed by atoms with Gasteiger partial charge < -0.3 is 10.1 Å². The highest BCUT2D eigenvalue weighted by molar-refractivity contribution is 6.42. The van der Waals surface area contributed by atoms with Crippen molar-refractivity contribution in [2.75, 3.05) is 13.7 Å². The van der Waals surface area contributed by atoms with Crippen LogP contribution in [0.3, 0.4) is 0 Å². The van der Waals surface area contributed by atoms with Crippen LogP contribution < -0.4 is 5.32 Å². The van der Waals surface area contributed by atoms with Gasteiger partial charge in [0.05, 0.1) is 16.1 Å². The average molecular weight is 318 g/mol. The van der Waals surface area contributed by atoms with E-state index in [1.54, 1.807) is 7.11 Å². The summed E-state index contributed by atoms with van der Waals surface area (Å²) >= 11 is 12.1. The third-order valence-corrected chi connectivity index (χ3v) is 4.16. The molecule has 0 aliphatic carbocycles. The van der Waals surface area contributed by atoms with Gasteiger partial charge in [-0.3, -0.25) is 0 Å². The SMILES string of the molecule is CCCNC(Cc1ccc(Cl)c(Cl)c1)C(CCC)OC. The maximum atomic E-state index is 6.09. The highest BCUT2D eigenvalue weighted by Gasteiger charge is 2.20. The summed E-state index contributed by atoms with van der Waals surface area (Å²) < 4.78 is 5.65. The number of hydrogen-bond acceptors (Lipinski definition) is 2. The van der Waals surface area contributed by atoms with Crippen LogP contribution in [0.25, 0.3) is 0 Å². The number of hydrogen-bond donors (Lipinski definition) is 1. The van der Waals surface area contributed by atoms with Gasteiger partial charge in [-0.05, 0) is 43.5 Å². The van der Waals surface area contributed by atoms with Gasteiger partial charge in [-0.1, -0.05) is 49.5 Å². The molecule has 2 nitrogen and oxygen atoms in total. The molecule has 0 amide bonds. The van der Waals surface area contributed by atoms with Gasteiger partial charge in [0, 0.05) is 13.2 Å². The van der Waals surface area contributed by atoms with E-state index in [1.165, 1.54) is 5.56 Å². The second-order valence-corrected chi connectivity index (χ2v) is 5.89. The smallest absolute Gasteiger partial charge is 0.0727 e. The van der Waals surface area contributed by atoms with Gasteiger partial charge in [-0.15, -0.1) is 0 Å². The molecule has 0 bridgehead atoms. The molecule has 20 heavy (non-hydrogen) atoms. The molecule has 0 fully saturated rings. The molecular formula is C16H25Cl2NO. The molecule has 1 N–H and O–H groups in total. The number of methoxy groups -OCH3 is 1. The lowest BCUT2D eigenvalue weighted by Crippen LogP contribution is -2.43. The van der Waals surface area contributed by atoms with Gasteiger partial charge in [0.25, 0.3) is 0 Å². The van der Waals surface area contributed by atoms with Crippen molar-refractivity contribution in [1.82, 2.24) is 5.32 Å². The molecule has 1 aromatic rings. The number of rotatable bonds is 9. The largest absolute Gasteiger partial charge is 0.380 e. The predicted octanol–water partition coefficient (Wildman–Crippen LogP) is 4.72. The summed E-state index contributed by atoms with van der Waals surface area (Å²) in [6, 6.07) is 6.14. The Bertz CT molecular complexity index is 398. The van der Waals surface area contributed by atoms with Crippen LogP contribution >= 0.6 is 23.2 Å². The molecule has 0 aromatic heterocycles. The zero-order valence-corrected chi connectivity index (χ0v) is 14.1. The maximum Gasteiger partial charge on any atom is 0.0727 e. The first-order chi connectivity index (χ1) is 9.62. The Kier molecular flexibility index (Phi) is 8.55. The highest BCUT2D eigenvalue weighted by atomic mass is 35.5. The molecule has 114 valence electrons. The first-order valence-corrected chi connectivity index (χ1v) is 8.08. The van der Waals surface area contributed by atoms with Crippen molar-refractivity contribution in [2.45, 2.75) is 51.7 Å². The Morgan fingerprint density at radius 3 is 2.45 bits per heavy atom. The van der Waals surface area contributed by atoms with Crippen LogP contribution in [0, 0.1) is 0 Å². The first kappa shape index (κ1) is 17.8. The number of benzene rings is 1. The van der Waals surface area contributed by atoms with Crippen molar-refractivity contribution in [3.8, 4) is 0 Å². The standard InChI is InChI=1S/C16H25Cl2NO/c1-4-6-16(20-3)15(19-9-5-2)11-12-7-8-13(17)14(18)10-12/h7-8,10,15-16,19H,4-6,9,11H2,1-3H3. The van der Waals surface area contributed by atoms with Crippen LogP contribution in [-0.4, -0.2) is 25.8 Å². The van der Waals surface area contributed by atoms with Crippen LogP contribution in [0.2, 0.25) is 10.0 Å². The second-order valence-electron chi connectivity index (χ2n) is 5.08. The van der Waals surface area contributed by atoms with Crippen LogP contribution in [0.4, 0.5) is 0 Å². The molecule has 0 aliphatic heterocycles. The number of halogens is 2. The van der Waals surface area contributed by atoms with E-state index in [-0.39, 0.29) is 6.10 Å². The first-order valence-electron chi connectivity index (χ1n) is 7.32. The van der Waals surface area contributed by atoms with E-state index in [0.29, 0.717) is 16.1 Å². The lowest BCUT2D eigenvalue weighted by Gasteiger charge is -2.27. The lowest BCUT2D eigenvalue weighted by atomic mass is 9.98. The lowest BCUT2D eigenvalue weighted by molar-refractivity contribution is 0.0609. The summed E-state index contributed by atoms with van der Waals surface area (Å²) in [5.74, 6) is 0. The van der Waals surface area contributed by atoms with E-state index in [1.807, 2.05) is 18.2 Å². The Morgan fingerprint density at radius 2 is 1.90 bits per heavy atom. The predicted molar refractivity (Wildman–Crippen MR) is 88.0 cm³/mol. The van der Waals surface area contributed by atoms with E-state index in [0.717, 1.165) is 32.2 Å². The molecule has 4 heteroatoms. The number of nitrogens with one attached hydrogen (secondary N) is 1. The summed E-state index contributed by atoms with van der Waals surface area (Å²) in [5, 5.41) is 4.80. The molecular weight excluding hydrogens is 293 g/mol. The van der Waals surface area contributed by atoms with Crippen LogP contribution in [-0.2, 0) is 11.2 Å². The Labute approximate surface area is 132 Å². The highest BCUT2D eigenvalue weighted by Crippen LogP contribution is 2.24. The zero-order valence-electron chi connectivity index (χ0n) is 12.6. The van der Waals surface area contributed by atoms with Gasteiger partial charge >= 0.3 is 0 Å². The van der Waals surface area contributed by atoms with Gasteiger partial charge in [0.2, 0.25) is 0 Å². The molecule has 0 heterocycles. The van der Waals surface area contributed by atoms with Crippen molar-refractivity contribution < 1.29 is 4.74 Å². The summed E-state index contributed by atoms with van der Waals surface area (Å²) in [6.45, 7) is 5.35.